The minimum atomic E-state index is -0.232. The van der Waals surface area contributed by atoms with Crippen LogP contribution in [0.4, 0.5) is 0 Å². The van der Waals surface area contributed by atoms with Crippen LogP contribution in [0.25, 0.3) is 11.3 Å². The van der Waals surface area contributed by atoms with Crippen molar-refractivity contribution in [3.8, 4) is 11.3 Å². The maximum Gasteiger partial charge on any atom is 0.249 e. The smallest absolute Gasteiger partial charge is 0.249 e. The van der Waals surface area contributed by atoms with Crippen LogP contribution in [0.1, 0.15) is 56.6 Å². The second-order valence-electron chi connectivity index (χ2n) is 9.87. The van der Waals surface area contributed by atoms with Crippen molar-refractivity contribution in [2.75, 3.05) is 26.8 Å². The molecule has 1 aromatic heterocycles. The summed E-state index contributed by atoms with van der Waals surface area (Å²) in [5.41, 5.74) is 10.0. The molecule has 2 N–H and O–H groups in total. The Kier molecular flexibility index (Phi) is 9.24. The Morgan fingerprint density at radius 1 is 1.17 bits per heavy atom. The first-order valence-corrected chi connectivity index (χ1v) is 12.5. The van der Waals surface area contributed by atoms with E-state index in [1.807, 2.05) is 23.1 Å². The van der Waals surface area contributed by atoms with Crippen molar-refractivity contribution in [2.24, 2.45) is 11.1 Å². The van der Waals surface area contributed by atoms with Crippen LogP contribution in [-0.2, 0) is 16.1 Å². The summed E-state index contributed by atoms with van der Waals surface area (Å²) in [7, 11) is 1.56. The summed E-state index contributed by atoms with van der Waals surface area (Å²) in [5, 5.41) is 0. The predicted molar refractivity (Wildman–Crippen MR) is 142 cm³/mol. The highest BCUT2D eigenvalue weighted by molar-refractivity contribution is 5.78. The quantitative estimate of drug-likeness (QED) is 0.390. The minimum Gasteiger partial charge on any atom is -0.375 e. The van der Waals surface area contributed by atoms with Crippen molar-refractivity contribution < 1.29 is 9.53 Å². The number of amides is 1. The average molecular weight is 477 g/mol. The van der Waals surface area contributed by atoms with E-state index in [-0.39, 0.29) is 24.0 Å². The van der Waals surface area contributed by atoms with E-state index >= 15 is 0 Å². The van der Waals surface area contributed by atoms with Gasteiger partial charge in [0.05, 0.1) is 11.7 Å². The number of methoxy groups -OCH3 is 1. The number of aryl methyl sites for hydroxylation is 1. The molecule has 0 bridgehead atoms. The van der Waals surface area contributed by atoms with Gasteiger partial charge in [-0.2, -0.15) is 0 Å². The summed E-state index contributed by atoms with van der Waals surface area (Å²) in [4.78, 5) is 20.5. The second kappa shape index (κ2) is 12.1. The van der Waals surface area contributed by atoms with E-state index in [1.54, 1.807) is 7.11 Å². The Hall–Kier alpha value is -2.96. The second-order valence-corrected chi connectivity index (χ2v) is 9.87. The molecule has 0 radical (unpaired) electrons. The van der Waals surface area contributed by atoms with E-state index in [0.717, 1.165) is 29.9 Å². The van der Waals surface area contributed by atoms with Crippen LogP contribution in [0.5, 0.6) is 0 Å². The van der Waals surface area contributed by atoms with Gasteiger partial charge in [0.15, 0.2) is 0 Å². The molecule has 0 saturated heterocycles. The first-order chi connectivity index (χ1) is 16.8. The van der Waals surface area contributed by atoms with Crippen LogP contribution < -0.4 is 5.73 Å². The lowest BCUT2D eigenvalue weighted by atomic mass is 9.80. The lowest BCUT2D eigenvalue weighted by Gasteiger charge is -2.41. The first-order valence-electron chi connectivity index (χ1n) is 12.5. The number of ether oxygens (including phenoxy) is 1. The number of hydrogen-bond acceptors (Lipinski definition) is 4. The van der Waals surface area contributed by atoms with E-state index in [0.29, 0.717) is 19.6 Å². The van der Waals surface area contributed by atoms with Gasteiger partial charge in [0.1, 0.15) is 12.4 Å². The van der Waals surface area contributed by atoms with Crippen molar-refractivity contribution in [1.29, 1.82) is 0 Å². The van der Waals surface area contributed by atoms with Gasteiger partial charge in [-0.05, 0) is 37.3 Å². The number of carbonyl (C=O) groups is 1. The molecule has 1 amide bonds. The van der Waals surface area contributed by atoms with Gasteiger partial charge in [0.25, 0.3) is 0 Å². The van der Waals surface area contributed by atoms with E-state index in [9.17, 15) is 4.79 Å². The Labute approximate surface area is 210 Å². The molecule has 0 spiro atoms. The molecule has 2 aromatic carbocycles. The summed E-state index contributed by atoms with van der Waals surface area (Å²) >= 11 is 0. The van der Waals surface area contributed by atoms with Gasteiger partial charge in [0, 0.05) is 32.0 Å². The van der Waals surface area contributed by atoms with Gasteiger partial charge >= 0.3 is 0 Å². The Bertz CT molecular complexity index is 1090. The number of benzene rings is 2. The summed E-state index contributed by atoms with van der Waals surface area (Å²) < 4.78 is 7.48. The minimum absolute atomic E-state index is 0.0327. The highest BCUT2D eigenvalue weighted by Crippen LogP contribution is 2.41. The summed E-state index contributed by atoms with van der Waals surface area (Å²) in [5.74, 6) is 0.845. The number of aromatic nitrogens is 2. The maximum atomic E-state index is 13.3. The van der Waals surface area contributed by atoms with Crippen molar-refractivity contribution in [3.63, 3.8) is 0 Å². The lowest BCUT2D eigenvalue weighted by molar-refractivity contribution is -0.141. The van der Waals surface area contributed by atoms with Crippen LogP contribution >= 0.6 is 0 Å². The SMILES string of the molecule is CCC(C)(C)[C@H](c1nc(-c2ccccc2)cn1Cc1cccc(C)c1)N(CCCN)C(=O)COC. The molecule has 0 aliphatic carbocycles. The maximum absolute atomic E-state index is 13.3. The van der Waals surface area contributed by atoms with Crippen molar-refractivity contribution in [3.05, 3.63) is 77.7 Å². The molecule has 6 heteroatoms. The zero-order valence-electron chi connectivity index (χ0n) is 21.8. The van der Waals surface area contributed by atoms with Crippen molar-refractivity contribution in [2.45, 2.75) is 53.1 Å². The van der Waals surface area contributed by atoms with E-state index in [1.165, 1.54) is 11.1 Å². The van der Waals surface area contributed by atoms with Crippen molar-refractivity contribution in [1.82, 2.24) is 14.5 Å². The molecule has 0 unspecified atom stereocenters. The number of nitrogens with two attached hydrogens (primary N) is 1. The monoisotopic (exact) mass is 476 g/mol. The third-order valence-corrected chi connectivity index (χ3v) is 6.71. The normalized spacial score (nSPS) is 12.5. The molecule has 0 aliphatic heterocycles. The number of nitrogens with zero attached hydrogens (tertiary/aromatic N) is 3. The molecular weight excluding hydrogens is 436 g/mol. The van der Waals surface area contributed by atoms with Crippen molar-refractivity contribution >= 4 is 5.91 Å². The van der Waals surface area contributed by atoms with E-state index < -0.39 is 0 Å². The summed E-state index contributed by atoms with van der Waals surface area (Å²) in [6.07, 6.45) is 3.72. The molecule has 3 rings (SSSR count). The summed E-state index contributed by atoms with van der Waals surface area (Å²) in [6.45, 7) is 10.5. The molecule has 1 heterocycles. The van der Waals surface area contributed by atoms with Gasteiger partial charge < -0.3 is 19.9 Å². The Balaban J connectivity index is 2.19. The summed E-state index contributed by atoms with van der Waals surface area (Å²) in [6, 6.07) is 18.5. The fraction of sp³-hybridized carbons (Fsp3) is 0.448. The van der Waals surface area contributed by atoms with Crippen LogP contribution in [-0.4, -0.2) is 47.2 Å². The molecule has 6 nitrogen and oxygen atoms in total. The van der Waals surface area contributed by atoms with Gasteiger partial charge in [-0.3, -0.25) is 4.79 Å². The standard InChI is InChI=1S/C29H40N4O2/c1-6-29(3,4)27(33(17-11-16-30)26(34)21-35-5)28-31-25(24-14-8-7-9-15-24)20-32(28)19-23-13-10-12-22(2)18-23/h7-10,12-15,18,20,27H,6,11,16-17,19,21,30H2,1-5H3/t27-/m0/s1. The van der Waals surface area contributed by atoms with Crippen LogP contribution in [0, 0.1) is 12.3 Å². The average Bonchev–Trinajstić information content (AvgIpc) is 3.25. The molecular formula is C29H40N4O2. The van der Waals surface area contributed by atoms with Crippen LogP contribution in [0.2, 0.25) is 0 Å². The molecule has 3 aromatic rings. The molecule has 0 aliphatic rings. The molecule has 35 heavy (non-hydrogen) atoms. The van der Waals surface area contributed by atoms with E-state index in [2.05, 4.69) is 74.9 Å². The van der Waals surface area contributed by atoms with Crippen LogP contribution in [0.3, 0.4) is 0 Å². The van der Waals surface area contributed by atoms with Gasteiger partial charge in [-0.15, -0.1) is 0 Å². The Morgan fingerprint density at radius 2 is 1.91 bits per heavy atom. The largest absolute Gasteiger partial charge is 0.375 e. The zero-order valence-corrected chi connectivity index (χ0v) is 21.8. The van der Waals surface area contributed by atoms with Gasteiger partial charge in [0.2, 0.25) is 5.91 Å². The third-order valence-electron chi connectivity index (χ3n) is 6.71. The van der Waals surface area contributed by atoms with E-state index in [4.69, 9.17) is 15.5 Å². The fourth-order valence-corrected chi connectivity index (χ4v) is 4.50. The van der Waals surface area contributed by atoms with Gasteiger partial charge in [-0.1, -0.05) is 80.9 Å². The Morgan fingerprint density at radius 3 is 2.54 bits per heavy atom. The number of imidazole rings is 1. The molecule has 1 atom stereocenters. The topological polar surface area (TPSA) is 73.4 Å². The molecule has 188 valence electrons. The highest BCUT2D eigenvalue weighted by atomic mass is 16.5. The fourth-order valence-electron chi connectivity index (χ4n) is 4.50. The third kappa shape index (κ3) is 6.59. The number of rotatable bonds is 12. The van der Waals surface area contributed by atoms with Crippen LogP contribution in [0.15, 0.2) is 60.8 Å². The number of hydrogen-bond donors (Lipinski definition) is 1. The zero-order chi connectivity index (χ0) is 25.4. The molecule has 0 saturated carbocycles. The highest BCUT2D eigenvalue weighted by Gasteiger charge is 2.39. The first kappa shape index (κ1) is 26.6. The number of carbonyl (C=O) groups excluding carboxylic acids is 1. The predicted octanol–water partition coefficient (Wildman–Crippen LogP) is 5.21. The lowest BCUT2D eigenvalue weighted by Crippen LogP contribution is -2.45. The van der Waals surface area contributed by atoms with Gasteiger partial charge in [-0.25, -0.2) is 4.98 Å². The molecule has 0 fully saturated rings.